The zero-order valence-corrected chi connectivity index (χ0v) is 27.1. The number of aromatic hydroxyl groups is 1. The lowest BCUT2D eigenvalue weighted by Gasteiger charge is -2.53. The summed E-state index contributed by atoms with van der Waals surface area (Å²) in [7, 11) is 2.89. The first-order valence-electron chi connectivity index (χ1n) is 14.4. The standard InChI is InChI=1S/C30H40N4O9.2ClH/c1-5-6-7-8-11-32-12-16(35)33-15-10-9-14-13(2)17-19(24(37)18(14)23(15)36)27(40)30(43)21(25(17)38)22(34(3)4)26(39)20(28(30)41)29(31)42;;/h9-10,13,17,21-22,25,32,36-38,41,43H,5-8,11-12H2,1-4H3,(H2,31,42)(H,33,35);2*1H/t13?,17?,21?,22-,25?,30?;;/m0../s1. The van der Waals surface area contributed by atoms with E-state index in [9.17, 15) is 44.7 Å². The van der Waals surface area contributed by atoms with Crippen molar-refractivity contribution >= 4 is 59.6 Å². The maximum absolute atomic E-state index is 14.1. The van der Waals surface area contributed by atoms with Crippen molar-refractivity contribution in [2.24, 2.45) is 17.6 Å². The molecule has 45 heavy (non-hydrogen) atoms. The lowest BCUT2D eigenvalue weighted by Crippen LogP contribution is -2.70. The average Bonchev–Trinajstić information content (AvgIpc) is 2.93. The molecule has 3 aliphatic rings. The van der Waals surface area contributed by atoms with E-state index in [1.165, 1.54) is 31.1 Å². The Bertz CT molecular complexity index is 1430. The topological polar surface area (TPSA) is 223 Å². The smallest absolute Gasteiger partial charge is 0.255 e. The third-order valence-corrected chi connectivity index (χ3v) is 8.90. The van der Waals surface area contributed by atoms with Crippen LogP contribution in [0, 0.1) is 11.8 Å². The van der Waals surface area contributed by atoms with Gasteiger partial charge in [0.2, 0.25) is 11.7 Å². The minimum atomic E-state index is -2.99. The number of carbonyl (C=O) groups excluding carboxylic acids is 4. The third-order valence-electron chi connectivity index (χ3n) is 8.90. The Morgan fingerprint density at radius 1 is 1.07 bits per heavy atom. The number of halogens is 2. The van der Waals surface area contributed by atoms with Gasteiger partial charge in [-0.25, -0.2) is 0 Å². The number of amides is 2. The number of unbranched alkanes of at least 4 members (excludes halogenated alkanes) is 3. The van der Waals surface area contributed by atoms with Crippen LogP contribution in [0.5, 0.6) is 5.75 Å². The number of nitrogens with zero attached hydrogens (tertiary/aromatic N) is 1. The van der Waals surface area contributed by atoms with Crippen LogP contribution in [-0.2, 0) is 19.2 Å². The van der Waals surface area contributed by atoms with Crippen LogP contribution >= 0.6 is 24.8 Å². The van der Waals surface area contributed by atoms with Gasteiger partial charge in [0.25, 0.3) is 5.91 Å². The molecule has 250 valence electrons. The van der Waals surface area contributed by atoms with Gasteiger partial charge >= 0.3 is 0 Å². The van der Waals surface area contributed by atoms with Crippen molar-refractivity contribution in [3.63, 3.8) is 0 Å². The van der Waals surface area contributed by atoms with Crippen LogP contribution in [0.3, 0.4) is 0 Å². The number of phenolic OH excluding ortho intramolecular Hbond substituents is 1. The number of aliphatic hydroxyl groups excluding tert-OH is 3. The quantitative estimate of drug-likeness (QED) is 0.101. The number of nitrogens with one attached hydrogen (secondary N) is 2. The van der Waals surface area contributed by atoms with Crippen LogP contribution in [0.2, 0.25) is 0 Å². The van der Waals surface area contributed by atoms with Crippen LogP contribution in [-0.4, -0.2) is 98.7 Å². The summed E-state index contributed by atoms with van der Waals surface area (Å²) in [5.41, 5.74) is 0.976. The minimum Gasteiger partial charge on any atom is -0.508 e. The second kappa shape index (κ2) is 14.5. The average molecular weight is 674 g/mol. The Hall–Kier alpha value is -3.20. The normalized spacial score (nSPS) is 27.2. The van der Waals surface area contributed by atoms with Crippen molar-refractivity contribution in [3.8, 4) is 5.75 Å². The molecule has 0 aromatic heterocycles. The first kappa shape index (κ1) is 38.0. The van der Waals surface area contributed by atoms with E-state index in [1.54, 1.807) is 6.92 Å². The van der Waals surface area contributed by atoms with Crippen LogP contribution < -0.4 is 16.4 Å². The number of Topliss-reactive ketones (excluding diaryl/α,β-unsaturated/α-hetero) is 2. The summed E-state index contributed by atoms with van der Waals surface area (Å²) in [4.78, 5) is 53.3. The highest BCUT2D eigenvalue weighted by Crippen LogP contribution is 2.56. The molecule has 5 unspecified atom stereocenters. The van der Waals surface area contributed by atoms with Crippen molar-refractivity contribution in [1.29, 1.82) is 0 Å². The molecule has 1 aromatic rings. The molecule has 9 N–H and O–H groups in total. The van der Waals surface area contributed by atoms with Crippen molar-refractivity contribution in [3.05, 3.63) is 40.2 Å². The number of ketones is 2. The Morgan fingerprint density at radius 3 is 2.29 bits per heavy atom. The molecular weight excluding hydrogens is 631 g/mol. The fourth-order valence-corrected chi connectivity index (χ4v) is 6.79. The first-order chi connectivity index (χ1) is 20.2. The summed E-state index contributed by atoms with van der Waals surface area (Å²) in [5, 5.41) is 62.6. The van der Waals surface area contributed by atoms with Gasteiger partial charge in [-0.05, 0) is 44.6 Å². The van der Waals surface area contributed by atoms with Crippen LogP contribution in [0.4, 0.5) is 5.69 Å². The molecule has 1 fully saturated rings. The first-order valence-corrected chi connectivity index (χ1v) is 14.4. The second-order valence-corrected chi connectivity index (χ2v) is 11.8. The maximum atomic E-state index is 14.1. The zero-order valence-electron chi connectivity index (χ0n) is 25.5. The summed E-state index contributed by atoms with van der Waals surface area (Å²) in [6, 6.07) is 1.55. The molecule has 0 heterocycles. The molecule has 0 bridgehead atoms. The predicted octanol–water partition coefficient (Wildman–Crippen LogP) is 1.45. The number of primary amides is 1. The van der Waals surface area contributed by atoms with Gasteiger partial charge in [0.05, 0.1) is 35.9 Å². The number of fused-ring (bicyclic) bond motifs is 3. The molecule has 6 atom stereocenters. The van der Waals surface area contributed by atoms with Crippen molar-refractivity contribution < 1.29 is 44.7 Å². The van der Waals surface area contributed by atoms with Gasteiger partial charge in [-0.3, -0.25) is 24.1 Å². The van der Waals surface area contributed by atoms with E-state index in [-0.39, 0.29) is 42.6 Å². The number of hydrogen-bond donors (Lipinski definition) is 8. The molecule has 13 nitrogen and oxygen atoms in total. The monoisotopic (exact) mass is 672 g/mol. The molecule has 2 amide bonds. The lowest BCUT2D eigenvalue weighted by molar-refractivity contribution is -0.169. The Labute approximate surface area is 273 Å². The molecule has 1 aromatic carbocycles. The number of aliphatic hydroxyl groups is 4. The van der Waals surface area contributed by atoms with Gasteiger partial charge in [-0.2, -0.15) is 0 Å². The fraction of sp³-hybridized carbons (Fsp3) is 0.533. The van der Waals surface area contributed by atoms with Gasteiger partial charge < -0.3 is 41.9 Å². The molecular formula is C30H42Cl2N4O9. The van der Waals surface area contributed by atoms with E-state index in [2.05, 4.69) is 17.6 Å². The summed E-state index contributed by atoms with van der Waals surface area (Å²) in [6.07, 6.45) is 2.46. The molecule has 15 heteroatoms. The summed E-state index contributed by atoms with van der Waals surface area (Å²) in [6.45, 7) is 4.36. The van der Waals surface area contributed by atoms with Gasteiger partial charge in [0, 0.05) is 11.5 Å². The van der Waals surface area contributed by atoms with E-state index >= 15 is 0 Å². The third kappa shape index (κ3) is 6.17. The Morgan fingerprint density at radius 2 is 1.71 bits per heavy atom. The fourth-order valence-electron chi connectivity index (χ4n) is 6.79. The SMILES string of the molecule is CCCCCCNCC(=O)Nc1ccc2c(c1O)C(O)=C1C(=O)C3(O)C(O)=C(C(N)=O)C(=O)[C@@H](N(C)C)C3C(O)C1C2C.Cl.Cl. The Balaban J connectivity index is 0.00000353. The number of hydrogen-bond acceptors (Lipinski definition) is 11. The van der Waals surface area contributed by atoms with E-state index in [0.29, 0.717) is 12.1 Å². The zero-order chi connectivity index (χ0) is 32.0. The van der Waals surface area contributed by atoms with Crippen LogP contribution in [0.1, 0.15) is 56.6 Å². The molecule has 0 saturated heterocycles. The number of benzene rings is 1. The highest BCUT2D eigenvalue weighted by atomic mass is 35.5. The summed E-state index contributed by atoms with van der Waals surface area (Å²) < 4.78 is 0. The van der Waals surface area contributed by atoms with Crippen LogP contribution in [0.25, 0.3) is 5.76 Å². The Kier molecular flexibility index (Phi) is 12.2. The lowest BCUT2D eigenvalue weighted by atomic mass is 9.54. The van der Waals surface area contributed by atoms with Gasteiger partial charge in [-0.1, -0.05) is 39.2 Å². The van der Waals surface area contributed by atoms with Crippen molar-refractivity contribution in [2.45, 2.75) is 63.2 Å². The van der Waals surface area contributed by atoms with E-state index < -0.39 is 87.3 Å². The minimum absolute atomic E-state index is 0. The van der Waals surface area contributed by atoms with E-state index in [0.717, 1.165) is 25.7 Å². The van der Waals surface area contributed by atoms with Crippen molar-refractivity contribution in [2.75, 3.05) is 32.5 Å². The predicted molar refractivity (Wildman–Crippen MR) is 170 cm³/mol. The molecule has 1 saturated carbocycles. The van der Waals surface area contributed by atoms with E-state index in [1.807, 2.05) is 0 Å². The molecule has 0 radical (unpaired) electrons. The van der Waals surface area contributed by atoms with E-state index in [4.69, 9.17) is 5.73 Å². The van der Waals surface area contributed by atoms with Crippen LogP contribution in [0.15, 0.2) is 29.0 Å². The molecule has 0 aliphatic heterocycles. The van der Waals surface area contributed by atoms with Gasteiger partial charge in [-0.15, -0.1) is 24.8 Å². The highest BCUT2D eigenvalue weighted by Gasteiger charge is 2.68. The molecule has 0 spiro atoms. The largest absolute Gasteiger partial charge is 0.508 e. The van der Waals surface area contributed by atoms with Crippen molar-refractivity contribution in [1.82, 2.24) is 10.2 Å². The van der Waals surface area contributed by atoms with Gasteiger partial charge in [0.15, 0.2) is 11.4 Å². The highest BCUT2D eigenvalue weighted by molar-refractivity contribution is 6.24. The number of carbonyl (C=O) groups is 4. The number of anilines is 1. The number of nitrogens with two attached hydrogens (primary N) is 1. The summed E-state index contributed by atoms with van der Waals surface area (Å²) >= 11 is 0. The summed E-state index contributed by atoms with van der Waals surface area (Å²) in [5.74, 6) is -10.2. The molecule has 3 aliphatic carbocycles. The number of phenols is 1. The maximum Gasteiger partial charge on any atom is 0.255 e. The van der Waals surface area contributed by atoms with Gasteiger partial charge in [0.1, 0.15) is 22.8 Å². The second-order valence-electron chi connectivity index (χ2n) is 11.8. The number of likely N-dealkylation sites (N-methyl/N-ethyl adjacent to an activating group) is 1. The number of rotatable bonds is 10. The molecule has 4 rings (SSSR count).